The van der Waals surface area contributed by atoms with Crippen molar-refractivity contribution in [2.75, 3.05) is 6.61 Å². The highest BCUT2D eigenvalue weighted by Crippen LogP contribution is 1.98. The van der Waals surface area contributed by atoms with Crippen molar-refractivity contribution < 1.29 is 4.84 Å². The highest BCUT2D eigenvalue weighted by Gasteiger charge is 1.87. The van der Waals surface area contributed by atoms with Gasteiger partial charge in [-0.2, -0.15) is 0 Å². The summed E-state index contributed by atoms with van der Waals surface area (Å²) in [5, 5.41) is 0. The summed E-state index contributed by atoms with van der Waals surface area (Å²) in [5.41, 5.74) is 1.13. The van der Waals surface area contributed by atoms with Gasteiger partial charge in [0.1, 0.15) is 0 Å². The van der Waals surface area contributed by atoms with Crippen LogP contribution in [-0.2, 0) is 4.84 Å². The van der Waals surface area contributed by atoms with Gasteiger partial charge < -0.3 is 0 Å². The second-order valence-electron chi connectivity index (χ2n) is 2.00. The number of nitrogens with two attached hydrogens (primary N) is 1. The standard InChI is InChI=1S/C8H15NO/c1-3-5-8(6-4-2)7-10-9/h3,5-6H,4,7,9H2,1-2H3/b5-3-,8-6+. The Morgan fingerprint density at radius 1 is 1.60 bits per heavy atom. The molecule has 0 amide bonds. The molecule has 0 spiro atoms. The lowest BCUT2D eigenvalue weighted by molar-refractivity contribution is 0.163. The third kappa shape index (κ3) is 4.30. The molecule has 0 rings (SSSR count). The fraction of sp³-hybridized carbons (Fsp3) is 0.500. The minimum absolute atomic E-state index is 0.498. The van der Waals surface area contributed by atoms with E-state index in [1.807, 2.05) is 19.1 Å². The molecular weight excluding hydrogens is 126 g/mol. The molecule has 2 nitrogen and oxygen atoms in total. The van der Waals surface area contributed by atoms with Gasteiger partial charge >= 0.3 is 0 Å². The average Bonchev–Trinajstić information content (AvgIpc) is 1.90. The second kappa shape index (κ2) is 6.52. The van der Waals surface area contributed by atoms with Crippen LogP contribution >= 0.6 is 0 Å². The first-order valence-electron chi connectivity index (χ1n) is 3.48. The van der Waals surface area contributed by atoms with Gasteiger partial charge in [0.15, 0.2) is 0 Å². The zero-order valence-corrected chi connectivity index (χ0v) is 6.63. The summed E-state index contributed by atoms with van der Waals surface area (Å²) in [6.07, 6.45) is 7.08. The molecular formula is C8H15NO. The van der Waals surface area contributed by atoms with Crippen molar-refractivity contribution in [3.63, 3.8) is 0 Å². The van der Waals surface area contributed by atoms with Crippen LogP contribution in [0, 0.1) is 0 Å². The number of hydrogen-bond donors (Lipinski definition) is 1. The lowest BCUT2D eigenvalue weighted by Crippen LogP contribution is -2.02. The first-order chi connectivity index (χ1) is 4.85. The molecule has 0 fully saturated rings. The number of rotatable bonds is 4. The Morgan fingerprint density at radius 2 is 2.30 bits per heavy atom. The van der Waals surface area contributed by atoms with Crippen LogP contribution in [0.25, 0.3) is 0 Å². The largest absolute Gasteiger partial charge is 0.300 e. The van der Waals surface area contributed by atoms with E-state index in [2.05, 4.69) is 17.8 Å². The molecule has 2 N–H and O–H groups in total. The molecule has 0 aliphatic carbocycles. The highest BCUT2D eigenvalue weighted by atomic mass is 16.6. The van der Waals surface area contributed by atoms with Crippen LogP contribution < -0.4 is 5.90 Å². The summed E-state index contributed by atoms with van der Waals surface area (Å²) in [6.45, 7) is 4.55. The molecule has 0 radical (unpaired) electrons. The predicted octanol–water partition coefficient (Wildman–Crippen LogP) is 1.79. The van der Waals surface area contributed by atoms with E-state index in [1.54, 1.807) is 0 Å². The lowest BCUT2D eigenvalue weighted by Gasteiger charge is -1.97. The van der Waals surface area contributed by atoms with Gasteiger partial charge in [-0.1, -0.05) is 25.2 Å². The minimum atomic E-state index is 0.498. The molecule has 58 valence electrons. The van der Waals surface area contributed by atoms with Gasteiger partial charge in [0.25, 0.3) is 0 Å². The van der Waals surface area contributed by atoms with Gasteiger partial charge in [0.2, 0.25) is 0 Å². The summed E-state index contributed by atoms with van der Waals surface area (Å²) in [6, 6.07) is 0. The molecule has 0 bridgehead atoms. The van der Waals surface area contributed by atoms with Crippen molar-refractivity contribution >= 4 is 0 Å². The minimum Gasteiger partial charge on any atom is -0.300 e. The highest BCUT2D eigenvalue weighted by molar-refractivity contribution is 5.18. The molecule has 0 saturated carbocycles. The normalized spacial score (nSPS) is 12.9. The van der Waals surface area contributed by atoms with Crippen molar-refractivity contribution in [2.45, 2.75) is 20.3 Å². The van der Waals surface area contributed by atoms with Gasteiger partial charge in [-0.25, -0.2) is 5.90 Å². The van der Waals surface area contributed by atoms with Gasteiger partial charge in [-0.05, 0) is 18.9 Å². The van der Waals surface area contributed by atoms with Crippen molar-refractivity contribution in [1.82, 2.24) is 0 Å². The van der Waals surface area contributed by atoms with Crippen LogP contribution in [0.4, 0.5) is 0 Å². The summed E-state index contributed by atoms with van der Waals surface area (Å²) >= 11 is 0. The SMILES string of the molecule is C/C=C\C(=C/CC)CON. The van der Waals surface area contributed by atoms with E-state index in [4.69, 9.17) is 5.90 Å². The summed E-state index contributed by atoms with van der Waals surface area (Å²) in [5.74, 6) is 4.92. The zero-order chi connectivity index (χ0) is 7.82. The van der Waals surface area contributed by atoms with E-state index in [1.165, 1.54) is 0 Å². The molecule has 0 unspecified atom stereocenters. The topological polar surface area (TPSA) is 35.2 Å². The first-order valence-corrected chi connectivity index (χ1v) is 3.48. The molecule has 0 aromatic rings. The van der Waals surface area contributed by atoms with Gasteiger partial charge in [-0.3, -0.25) is 4.84 Å². The molecule has 10 heavy (non-hydrogen) atoms. The Kier molecular flexibility index (Phi) is 6.13. The molecule has 0 aliphatic heterocycles. The summed E-state index contributed by atoms with van der Waals surface area (Å²) in [4.78, 5) is 4.49. The molecule has 2 heteroatoms. The molecule has 0 heterocycles. The molecule has 0 atom stereocenters. The van der Waals surface area contributed by atoms with Crippen molar-refractivity contribution in [3.05, 3.63) is 23.8 Å². The lowest BCUT2D eigenvalue weighted by atomic mass is 10.2. The van der Waals surface area contributed by atoms with E-state index in [-0.39, 0.29) is 0 Å². The van der Waals surface area contributed by atoms with Crippen LogP contribution in [0.5, 0.6) is 0 Å². The van der Waals surface area contributed by atoms with Crippen LogP contribution in [0.2, 0.25) is 0 Å². The van der Waals surface area contributed by atoms with E-state index in [9.17, 15) is 0 Å². The van der Waals surface area contributed by atoms with Crippen LogP contribution in [0.3, 0.4) is 0 Å². The van der Waals surface area contributed by atoms with Gasteiger partial charge in [0.05, 0.1) is 6.61 Å². The van der Waals surface area contributed by atoms with E-state index in [0.29, 0.717) is 6.61 Å². The molecule has 0 aromatic heterocycles. The maximum absolute atomic E-state index is 4.92. The Hall–Kier alpha value is -0.600. The Balaban J connectivity index is 3.84. The average molecular weight is 141 g/mol. The quantitative estimate of drug-likeness (QED) is 0.478. The van der Waals surface area contributed by atoms with Crippen molar-refractivity contribution in [2.24, 2.45) is 5.90 Å². The first kappa shape index (κ1) is 9.40. The third-order valence-electron chi connectivity index (χ3n) is 1.10. The molecule has 0 saturated heterocycles. The van der Waals surface area contributed by atoms with E-state index >= 15 is 0 Å². The Labute approximate surface area is 62.3 Å². The van der Waals surface area contributed by atoms with Crippen LogP contribution in [-0.4, -0.2) is 6.61 Å². The number of allylic oxidation sites excluding steroid dienone is 2. The maximum Gasteiger partial charge on any atom is 0.0926 e. The van der Waals surface area contributed by atoms with Gasteiger partial charge in [0, 0.05) is 0 Å². The summed E-state index contributed by atoms with van der Waals surface area (Å²) < 4.78 is 0. The summed E-state index contributed by atoms with van der Waals surface area (Å²) in [7, 11) is 0. The van der Waals surface area contributed by atoms with Crippen molar-refractivity contribution in [3.8, 4) is 0 Å². The smallest absolute Gasteiger partial charge is 0.0926 e. The van der Waals surface area contributed by atoms with Crippen LogP contribution in [0.15, 0.2) is 23.8 Å². The Bertz CT molecular complexity index is 127. The second-order valence-corrected chi connectivity index (χ2v) is 2.00. The van der Waals surface area contributed by atoms with Gasteiger partial charge in [-0.15, -0.1) is 0 Å². The zero-order valence-electron chi connectivity index (χ0n) is 6.63. The molecule has 0 aromatic carbocycles. The van der Waals surface area contributed by atoms with Crippen molar-refractivity contribution in [1.29, 1.82) is 0 Å². The maximum atomic E-state index is 4.92. The third-order valence-corrected chi connectivity index (χ3v) is 1.10. The fourth-order valence-electron chi connectivity index (χ4n) is 0.748. The predicted molar refractivity (Wildman–Crippen MR) is 43.3 cm³/mol. The Morgan fingerprint density at radius 3 is 2.70 bits per heavy atom. The molecule has 0 aliphatic rings. The number of hydrogen-bond acceptors (Lipinski definition) is 2. The fourth-order valence-corrected chi connectivity index (χ4v) is 0.748. The van der Waals surface area contributed by atoms with Crippen LogP contribution in [0.1, 0.15) is 20.3 Å². The van der Waals surface area contributed by atoms with E-state index in [0.717, 1.165) is 12.0 Å². The monoisotopic (exact) mass is 141 g/mol. The van der Waals surface area contributed by atoms with E-state index < -0.39 is 0 Å².